The molecule has 3 heteroatoms. The Morgan fingerprint density at radius 3 is 2.57 bits per heavy atom. The van der Waals surface area contributed by atoms with Gasteiger partial charge in [0.1, 0.15) is 5.75 Å². The maximum atomic E-state index is 6.06. The number of nitrogen functional groups attached to an aromatic ring is 1. The van der Waals surface area contributed by atoms with Gasteiger partial charge in [-0.05, 0) is 42.3 Å². The van der Waals surface area contributed by atoms with Crippen LogP contribution < -0.4 is 10.5 Å². The van der Waals surface area contributed by atoms with Crippen LogP contribution in [0.4, 0.5) is 5.69 Å². The fourth-order valence-electron chi connectivity index (χ4n) is 2.48. The highest BCUT2D eigenvalue weighted by Gasteiger charge is 2.08. The predicted octanol–water partition coefficient (Wildman–Crippen LogP) is 3.69. The fraction of sp³-hybridized carbons (Fsp3) is 0.333. The van der Waals surface area contributed by atoms with E-state index >= 15 is 0 Å². The second-order valence-electron chi connectivity index (χ2n) is 5.26. The summed E-state index contributed by atoms with van der Waals surface area (Å²) in [6.45, 7) is 5.02. The van der Waals surface area contributed by atoms with Crippen molar-refractivity contribution in [2.24, 2.45) is 0 Å². The van der Waals surface area contributed by atoms with Gasteiger partial charge in [-0.1, -0.05) is 37.3 Å². The van der Waals surface area contributed by atoms with Gasteiger partial charge in [-0.25, -0.2) is 0 Å². The minimum absolute atomic E-state index is 0.865. The monoisotopic (exact) mass is 284 g/mol. The van der Waals surface area contributed by atoms with Crippen LogP contribution >= 0.6 is 0 Å². The first-order valence-electron chi connectivity index (χ1n) is 7.41. The summed E-state index contributed by atoms with van der Waals surface area (Å²) < 4.78 is 5.30. The maximum absolute atomic E-state index is 6.06. The van der Waals surface area contributed by atoms with Gasteiger partial charge in [-0.2, -0.15) is 0 Å². The van der Waals surface area contributed by atoms with Crippen molar-refractivity contribution in [2.75, 3.05) is 19.4 Å². The van der Waals surface area contributed by atoms with Crippen LogP contribution in [-0.4, -0.2) is 18.6 Å². The number of hydrogen-bond donors (Lipinski definition) is 1. The first kappa shape index (κ1) is 15.4. The lowest BCUT2D eigenvalue weighted by Crippen LogP contribution is -2.24. The molecule has 2 aromatic rings. The van der Waals surface area contributed by atoms with E-state index in [-0.39, 0.29) is 0 Å². The van der Waals surface area contributed by atoms with Crippen molar-refractivity contribution in [2.45, 2.75) is 26.4 Å². The molecule has 3 nitrogen and oxygen atoms in total. The number of nitrogens with two attached hydrogens (primary N) is 1. The number of benzene rings is 2. The first-order chi connectivity index (χ1) is 10.2. The van der Waals surface area contributed by atoms with Crippen molar-refractivity contribution in [3.8, 4) is 5.75 Å². The van der Waals surface area contributed by atoms with E-state index in [9.17, 15) is 0 Å². The van der Waals surface area contributed by atoms with Crippen molar-refractivity contribution in [1.82, 2.24) is 4.90 Å². The SMILES string of the molecule is CCCN(Cc1cccc(OC)c1)Cc1ccccc1N. The summed E-state index contributed by atoms with van der Waals surface area (Å²) in [5.41, 5.74) is 9.37. The summed E-state index contributed by atoms with van der Waals surface area (Å²) in [5, 5.41) is 0. The van der Waals surface area contributed by atoms with E-state index in [4.69, 9.17) is 10.5 Å². The van der Waals surface area contributed by atoms with Gasteiger partial charge in [0.2, 0.25) is 0 Å². The fourth-order valence-corrected chi connectivity index (χ4v) is 2.48. The number of nitrogens with zero attached hydrogens (tertiary/aromatic N) is 1. The molecule has 0 aliphatic rings. The van der Waals surface area contributed by atoms with Crippen LogP contribution in [0, 0.1) is 0 Å². The first-order valence-corrected chi connectivity index (χ1v) is 7.41. The Morgan fingerprint density at radius 1 is 1.05 bits per heavy atom. The highest BCUT2D eigenvalue weighted by Crippen LogP contribution is 2.18. The van der Waals surface area contributed by atoms with E-state index in [1.165, 1.54) is 11.1 Å². The minimum Gasteiger partial charge on any atom is -0.497 e. The second-order valence-corrected chi connectivity index (χ2v) is 5.26. The van der Waals surface area contributed by atoms with Crippen molar-refractivity contribution in [3.05, 3.63) is 59.7 Å². The summed E-state index contributed by atoms with van der Waals surface area (Å²) in [6, 6.07) is 16.3. The molecule has 0 radical (unpaired) electrons. The van der Waals surface area contributed by atoms with Gasteiger partial charge in [-0.3, -0.25) is 4.90 Å². The van der Waals surface area contributed by atoms with E-state index < -0.39 is 0 Å². The minimum atomic E-state index is 0.865. The quantitative estimate of drug-likeness (QED) is 0.788. The molecule has 112 valence electrons. The Labute approximate surface area is 127 Å². The van der Waals surface area contributed by atoms with Crippen LogP contribution in [0.25, 0.3) is 0 Å². The van der Waals surface area contributed by atoms with Crippen LogP contribution in [0.5, 0.6) is 5.75 Å². The summed E-state index contributed by atoms with van der Waals surface area (Å²) in [7, 11) is 1.70. The molecule has 0 unspecified atom stereocenters. The van der Waals surface area contributed by atoms with Gasteiger partial charge in [0.15, 0.2) is 0 Å². The molecule has 21 heavy (non-hydrogen) atoms. The number of ether oxygens (including phenoxy) is 1. The van der Waals surface area contributed by atoms with Crippen LogP contribution in [-0.2, 0) is 13.1 Å². The second kappa shape index (κ2) is 7.70. The summed E-state index contributed by atoms with van der Waals surface area (Å²) in [4.78, 5) is 2.42. The van der Waals surface area contributed by atoms with Crippen LogP contribution in [0.1, 0.15) is 24.5 Å². The Kier molecular flexibility index (Phi) is 5.64. The summed E-state index contributed by atoms with van der Waals surface area (Å²) in [6.07, 6.45) is 1.12. The van der Waals surface area contributed by atoms with E-state index in [2.05, 4.69) is 30.0 Å². The highest BCUT2D eigenvalue weighted by atomic mass is 16.5. The smallest absolute Gasteiger partial charge is 0.119 e. The van der Waals surface area contributed by atoms with Gasteiger partial charge in [0.05, 0.1) is 7.11 Å². The molecule has 0 aromatic heterocycles. The zero-order chi connectivity index (χ0) is 15.1. The lowest BCUT2D eigenvalue weighted by molar-refractivity contribution is 0.257. The molecular weight excluding hydrogens is 260 g/mol. The number of methoxy groups -OCH3 is 1. The zero-order valence-corrected chi connectivity index (χ0v) is 12.9. The third-order valence-corrected chi connectivity index (χ3v) is 3.53. The van der Waals surface area contributed by atoms with Crippen LogP contribution in [0.15, 0.2) is 48.5 Å². The van der Waals surface area contributed by atoms with Crippen LogP contribution in [0.2, 0.25) is 0 Å². The molecule has 0 bridgehead atoms. The van der Waals surface area contributed by atoms with E-state index in [0.717, 1.165) is 37.5 Å². The van der Waals surface area contributed by atoms with Gasteiger partial charge < -0.3 is 10.5 Å². The third kappa shape index (κ3) is 4.50. The number of para-hydroxylation sites is 1. The molecule has 0 fully saturated rings. The summed E-state index contributed by atoms with van der Waals surface area (Å²) in [5.74, 6) is 0.906. The summed E-state index contributed by atoms with van der Waals surface area (Å²) >= 11 is 0. The van der Waals surface area contributed by atoms with Gasteiger partial charge in [0, 0.05) is 18.8 Å². The topological polar surface area (TPSA) is 38.5 Å². The zero-order valence-electron chi connectivity index (χ0n) is 12.9. The van der Waals surface area contributed by atoms with E-state index in [0.29, 0.717) is 0 Å². The molecule has 2 N–H and O–H groups in total. The standard InChI is InChI=1S/C18H24N2O/c1-3-11-20(14-16-8-4-5-10-18(16)19)13-15-7-6-9-17(12-15)21-2/h4-10,12H,3,11,13-14,19H2,1-2H3. The van der Waals surface area contributed by atoms with Crippen LogP contribution in [0.3, 0.4) is 0 Å². The lowest BCUT2D eigenvalue weighted by Gasteiger charge is -2.23. The molecule has 2 rings (SSSR count). The number of anilines is 1. The maximum Gasteiger partial charge on any atom is 0.119 e. The molecule has 2 aromatic carbocycles. The number of hydrogen-bond acceptors (Lipinski definition) is 3. The normalized spacial score (nSPS) is 10.8. The molecule has 0 heterocycles. The number of rotatable bonds is 7. The Balaban J connectivity index is 2.10. The van der Waals surface area contributed by atoms with E-state index in [1.807, 2.05) is 30.3 Å². The lowest BCUT2D eigenvalue weighted by atomic mass is 10.1. The molecule has 0 amide bonds. The molecule has 0 aliphatic carbocycles. The van der Waals surface area contributed by atoms with Crippen molar-refractivity contribution < 1.29 is 4.74 Å². The Morgan fingerprint density at radius 2 is 1.86 bits per heavy atom. The molecule has 0 aliphatic heterocycles. The van der Waals surface area contributed by atoms with Crippen molar-refractivity contribution in [1.29, 1.82) is 0 Å². The van der Waals surface area contributed by atoms with E-state index in [1.54, 1.807) is 7.11 Å². The van der Waals surface area contributed by atoms with Crippen molar-refractivity contribution >= 4 is 5.69 Å². The Bertz CT molecular complexity index is 569. The third-order valence-electron chi connectivity index (χ3n) is 3.53. The Hall–Kier alpha value is -2.00. The predicted molar refractivity (Wildman–Crippen MR) is 88.3 cm³/mol. The van der Waals surface area contributed by atoms with Crippen molar-refractivity contribution in [3.63, 3.8) is 0 Å². The van der Waals surface area contributed by atoms with Gasteiger partial charge >= 0.3 is 0 Å². The van der Waals surface area contributed by atoms with Gasteiger partial charge in [0.25, 0.3) is 0 Å². The largest absolute Gasteiger partial charge is 0.497 e. The molecule has 0 saturated heterocycles. The average molecular weight is 284 g/mol. The average Bonchev–Trinajstić information content (AvgIpc) is 2.50. The molecular formula is C18H24N2O. The highest BCUT2D eigenvalue weighted by molar-refractivity contribution is 5.46. The molecule has 0 spiro atoms. The molecule has 0 atom stereocenters. The van der Waals surface area contributed by atoms with Gasteiger partial charge in [-0.15, -0.1) is 0 Å². The molecule has 0 saturated carbocycles.